The monoisotopic (exact) mass is 259 g/mol. The molecule has 2 N–H and O–H groups in total. The number of hydrazone groups is 1. The van der Waals surface area contributed by atoms with Crippen LogP contribution in [0.1, 0.15) is 30.9 Å². The Labute approximate surface area is 114 Å². The van der Waals surface area contributed by atoms with Crippen LogP contribution in [0.5, 0.6) is 0 Å². The van der Waals surface area contributed by atoms with E-state index in [0.717, 1.165) is 23.4 Å². The Bertz CT molecular complexity index is 522. The Morgan fingerprint density at radius 3 is 2.68 bits per heavy atom. The normalized spacial score (nSPS) is 18.9. The molecule has 0 saturated carbocycles. The van der Waals surface area contributed by atoms with E-state index in [1.807, 2.05) is 32.9 Å². The van der Waals surface area contributed by atoms with E-state index in [4.69, 9.17) is 5.73 Å². The van der Waals surface area contributed by atoms with Crippen molar-refractivity contribution in [1.82, 2.24) is 0 Å². The summed E-state index contributed by atoms with van der Waals surface area (Å²) in [6.07, 6.45) is 1.46. The lowest BCUT2D eigenvalue weighted by atomic mass is 9.97. The number of nitrogens with two attached hydrogens (primary N) is 1. The predicted octanol–water partition coefficient (Wildman–Crippen LogP) is 2.38. The fraction of sp³-hybridized carbons (Fsp3) is 0.467. The van der Waals surface area contributed by atoms with Crippen LogP contribution in [0.4, 0.5) is 5.69 Å². The Hall–Kier alpha value is -1.68. The number of nitrogens with zero attached hydrogens (tertiary/aromatic N) is 2. The third kappa shape index (κ3) is 2.54. The molecule has 0 aromatic heterocycles. The first-order valence-corrected chi connectivity index (χ1v) is 6.77. The molecule has 102 valence electrons. The van der Waals surface area contributed by atoms with Gasteiger partial charge < -0.3 is 5.73 Å². The van der Waals surface area contributed by atoms with E-state index in [1.165, 1.54) is 5.56 Å². The van der Waals surface area contributed by atoms with E-state index in [-0.39, 0.29) is 11.8 Å². The van der Waals surface area contributed by atoms with Crippen molar-refractivity contribution in [3.05, 3.63) is 29.3 Å². The van der Waals surface area contributed by atoms with E-state index in [0.29, 0.717) is 13.0 Å². The molecular formula is C15H21N3O. The average Bonchev–Trinajstić information content (AvgIpc) is 2.68. The number of hydrogen-bond acceptors (Lipinski definition) is 3. The summed E-state index contributed by atoms with van der Waals surface area (Å²) in [7, 11) is 0. The molecular weight excluding hydrogens is 238 g/mol. The molecule has 1 aliphatic heterocycles. The molecule has 1 amide bonds. The van der Waals surface area contributed by atoms with Crippen molar-refractivity contribution in [3.63, 3.8) is 0 Å². The summed E-state index contributed by atoms with van der Waals surface area (Å²) in [6, 6.07) is 6.04. The minimum atomic E-state index is -0.143. The Morgan fingerprint density at radius 1 is 1.37 bits per heavy atom. The number of hydrogen-bond donors (Lipinski definition) is 1. The first-order valence-electron chi connectivity index (χ1n) is 6.77. The molecule has 0 bridgehead atoms. The Balaban J connectivity index is 2.35. The maximum absolute atomic E-state index is 12.5. The first-order chi connectivity index (χ1) is 9.08. The van der Waals surface area contributed by atoms with Gasteiger partial charge in [-0.1, -0.05) is 24.6 Å². The van der Waals surface area contributed by atoms with Crippen LogP contribution in [-0.4, -0.2) is 18.2 Å². The van der Waals surface area contributed by atoms with Crippen LogP contribution in [-0.2, 0) is 4.79 Å². The summed E-state index contributed by atoms with van der Waals surface area (Å²) < 4.78 is 0. The quantitative estimate of drug-likeness (QED) is 0.902. The van der Waals surface area contributed by atoms with Crippen LogP contribution >= 0.6 is 0 Å². The highest BCUT2D eigenvalue weighted by atomic mass is 16.2. The summed E-state index contributed by atoms with van der Waals surface area (Å²) in [5.41, 5.74) is 9.67. The molecule has 1 atom stereocenters. The summed E-state index contributed by atoms with van der Waals surface area (Å²) in [6.45, 7) is 6.59. The second-order valence-corrected chi connectivity index (χ2v) is 5.01. The standard InChI is InChI=1S/C15H21N3O/c1-4-13-12(7-8-16)15(19)18(17-13)14-6-5-10(2)9-11(14)3/h5-6,9,12H,4,7-8,16H2,1-3H3. The average molecular weight is 259 g/mol. The summed E-state index contributed by atoms with van der Waals surface area (Å²) >= 11 is 0. The van der Waals surface area contributed by atoms with Gasteiger partial charge in [0.1, 0.15) is 0 Å². The Kier molecular flexibility index (Phi) is 4.00. The molecule has 1 unspecified atom stereocenters. The van der Waals surface area contributed by atoms with E-state index >= 15 is 0 Å². The van der Waals surface area contributed by atoms with Crippen molar-refractivity contribution in [2.45, 2.75) is 33.6 Å². The molecule has 4 nitrogen and oxygen atoms in total. The van der Waals surface area contributed by atoms with Crippen molar-refractivity contribution in [2.24, 2.45) is 16.8 Å². The van der Waals surface area contributed by atoms with Crippen molar-refractivity contribution < 1.29 is 4.79 Å². The van der Waals surface area contributed by atoms with Crippen molar-refractivity contribution >= 4 is 17.3 Å². The largest absolute Gasteiger partial charge is 0.330 e. The molecule has 1 aromatic rings. The zero-order valence-corrected chi connectivity index (χ0v) is 11.8. The molecule has 1 aliphatic rings. The van der Waals surface area contributed by atoms with Gasteiger partial charge in [-0.25, -0.2) is 0 Å². The zero-order valence-electron chi connectivity index (χ0n) is 11.8. The van der Waals surface area contributed by atoms with Crippen LogP contribution in [0.25, 0.3) is 0 Å². The number of rotatable bonds is 4. The number of carbonyl (C=O) groups is 1. The van der Waals surface area contributed by atoms with Crippen LogP contribution < -0.4 is 10.7 Å². The topological polar surface area (TPSA) is 58.7 Å². The molecule has 1 aromatic carbocycles. The molecule has 2 rings (SSSR count). The predicted molar refractivity (Wildman–Crippen MR) is 78.3 cm³/mol. The lowest BCUT2D eigenvalue weighted by Gasteiger charge is -2.16. The van der Waals surface area contributed by atoms with Crippen molar-refractivity contribution in [3.8, 4) is 0 Å². The molecule has 0 fully saturated rings. The smallest absolute Gasteiger partial charge is 0.256 e. The highest BCUT2D eigenvalue weighted by Gasteiger charge is 2.35. The Morgan fingerprint density at radius 2 is 2.11 bits per heavy atom. The molecule has 1 heterocycles. The van der Waals surface area contributed by atoms with Gasteiger partial charge in [0.25, 0.3) is 5.91 Å². The summed E-state index contributed by atoms with van der Waals surface area (Å²) in [4.78, 5) is 12.5. The van der Waals surface area contributed by atoms with Gasteiger partial charge in [-0.3, -0.25) is 4.79 Å². The SMILES string of the molecule is CCC1=NN(c2ccc(C)cc2C)C(=O)C1CCN. The summed E-state index contributed by atoms with van der Waals surface area (Å²) in [5.74, 6) is -0.0926. The van der Waals surface area contributed by atoms with Crippen LogP contribution in [0, 0.1) is 19.8 Å². The molecule has 0 saturated heterocycles. The van der Waals surface area contributed by atoms with Crippen LogP contribution in [0.3, 0.4) is 0 Å². The van der Waals surface area contributed by atoms with E-state index in [9.17, 15) is 4.79 Å². The van der Waals surface area contributed by atoms with Crippen molar-refractivity contribution in [1.29, 1.82) is 0 Å². The number of carbonyl (C=O) groups excluding carboxylic acids is 1. The number of benzene rings is 1. The van der Waals surface area contributed by atoms with Crippen LogP contribution in [0.15, 0.2) is 23.3 Å². The van der Waals surface area contributed by atoms with Crippen LogP contribution in [0.2, 0.25) is 0 Å². The fourth-order valence-electron chi connectivity index (χ4n) is 2.53. The maximum atomic E-state index is 12.5. The van der Waals surface area contributed by atoms with E-state index in [2.05, 4.69) is 11.2 Å². The molecule has 0 radical (unpaired) electrons. The van der Waals surface area contributed by atoms with Gasteiger partial charge in [-0.2, -0.15) is 10.1 Å². The second kappa shape index (κ2) is 5.53. The highest BCUT2D eigenvalue weighted by Crippen LogP contribution is 2.29. The second-order valence-electron chi connectivity index (χ2n) is 5.01. The van der Waals surface area contributed by atoms with Crippen molar-refractivity contribution in [2.75, 3.05) is 11.6 Å². The van der Waals surface area contributed by atoms with Gasteiger partial charge in [0, 0.05) is 0 Å². The minimum absolute atomic E-state index is 0.0502. The van der Waals surface area contributed by atoms with Gasteiger partial charge in [0.15, 0.2) is 0 Å². The number of amides is 1. The molecule has 0 spiro atoms. The minimum Gasteiger partial charge on any atom is -0.330 e. The third-order valence-corrected chi connectivity index (χ3v) is 3.54. The lowest BCUT2D eigenvalue weighted by Crippen LogP contribution is -2.29. The van der Waals surface area contributed by atoms with Gasteiger partial charge in [-0.15, -0.1) is 0 Å². The summed E-state index contributed by atoms with van der Waals surface area (Å²) in [5, 5.41) is 6.04. The van der Waals surface area contributed by atoms with Gasteiger partial charge in [0.2, 0.25) is 0 Å². The van der Waals surface area contributed by atoms with E-state index in [1.54, 1.807) is 5.01 Å². The van der Waals surface area contributed by atoms with Gasteiger partial charge in [0.05, 0.1) is 17.3 Å². The highest BCUT2D eigenvalue weighted by molar-refractivity contribution is 6.15. The number of anilines is 1. The molecule has 19 heavy (non-hydrogen) atoms. The fourth-order valence-corrected chi connectivity index (χ4v) is 2.53. The van der Waals surface area contributed by atoms with Gasteiger partial charge >= 0.3 is 0 Å². The number of aryl methyl sites for hydroxylation is 2. The van der Waals surface area contributed by atoms with Gasteiger partial charge in [-0.05, 0) is 44.9 Å². The van der Waals surface area contributed by atoms with E-state index < -0.39 is 0 Å². The first kappa shape index (κ1) is 13.7. The lowest BCUT2D eigenvalue weighted by molar-refractivity contribution is -0.119. The molecule has 4 heteroatoms. The maximum Gasteiger partial charge on any atom is 0.256 e. The molecule has 0 aliphatic carbocycles. The zero-order chi connectivity index (χ0) is 14.0. The third-order valence-electron chi connectivity index (χ3n) is 3.54.